The van der Waals surface area contributed by atoms with Crippen LogP contribution >= 0.6 is 0 Å². The Morgan fingerprint density at radius 1 is 1.19 bits per heavy atom. The second kappa shape index (κ2) is 9.42. The number of aromatic nitrogens is 1. The fourth-order valence-electron chi connectivity index (χ4n) is 4.28. The number of carbonyl (C=O) groups is 2. The fraction of sp³-hybridized carbons (Fsp3) is 0.400. The lowest BCUT2D eigenvalue weighted by molar-refractivity contribution is -0.136. The molecule has 0 aliphatic carbocycles. The molecule has 1 saturated heterocycles. The molecule has 0 bridgehead atoms. The molecule has 1 aliphatic heterocycles. The molecule has 32 heavy (non-hydrogen) atoms. The van der Waals surface area contributed by atoms with Crippen molar-refractivity contribution in [1.82, 2.24) is 14.8 Å². The molecule has 2 aromatic carbocycles. The number of benzene rings is 2. The lowest BCUT2D eigenvalue weighted by Gasteiger charge is -2.34. The molecule has 1 fully saturated rings. The zero-order valence-corrected chi connectivity index (χ0v) is 18.8. The molecule has 4 rings (SSSR count). The quantitative estimate of drug-likeness (QED) is 0.579. The minimum atomic E-state index is -0.138. The normalized spacial score (nSPS) is 16.2. The molecule has 168 valence electrons. The van der Waals surface area contributed by atoms with Gasteiger partial charge in [-0.1, -0.05) is 6.07 Å². The molecule has 1 aliphatic rings. The van der Waals surface area contributed by atoms with Gasteiger partial charge in [0.1, 0.15) is 11.3 Å². The van der Waals surface area contributed by atoms with E-state index in [-0.39, 0.29) is 17.7 Å². The predicted octanol–water partition coefficient (Wildman–Crippen LogP) is 4.22. The van der Waals surface area contributed by atoms with E-state index >= 15 is 0 Å². The highest BCUT2D eigenvalue weighted by Crippen LogP contribution is 2.28. The maximum Gasteiger partial charge on any atom is 0.254 e. The Balaban J connectivity index is 1.54. The number of methoxy groups -OCH3 is 1. The minimum Gasteiger partial charge on any atom is -0.497 e. The molecular formula is C25H29N3O4. The Morgan fingerprint density at radius 3 is 2.75 bits per heavy atom. The summed E-state index contributed by atoms with van der Waals surface area (Å²) in [5.74, 6) is 1.12. The highest BCUT2D eigenvalue weighted by Gasteiger charge is 2.31. The van der Waals surface area contributed by atoms with Crippen LogP contribution in [0.15, 0.2) is 46.9 Å². The van der Waals surface area contributed by atoms with Crippen LogP contribution in [0.3, 0.4) is 0 Å². The van der Waals surface area contributed by atoms with Crippen molar-refractivity contribution < 1.29 is 18.7 Å². The first-order valence-corrected chi connectivity index (χ1v) is 11.2. The predicted molar refractivity (Wildman–Crippen MR) is 123 cm³/mol. The van der Waals surface area contributed by atoms with E-state index in [0.29, 0.717) is 48.7 Å². The number of piperidine rings is 1. The van der Waals surface area contributed by atoms with Crippen molar-refractivity contribution in [3.63, 3.8) is 0 Å². The number of amides is 2. The second-order valence-electron chi connectivity index (χ2n) is 8.03. The van der Waals surface area contributed by atoms with E-state index in [9.17, 15) is 9.59 Å². The van der Waals surface area contributed by atoms with Crippen LogP contribution in [0, 0.1) is 5.92 Å². The molecule has 7 nitrogen and oxygen atoms in total. The third-order valence-corrected chi connectivity index (χ3v) is 6.09. The lowest BCUT2D eigenvalue weighted by Crippen LogP contribution is -2.46. The summed E-state index contributed by atoms with van der Waals surface area (Å²) in [6.07, 6.45) is 1.65. The lowest BCUT2D eigenvalue weighted by atomic mass is 9.95. The van der Waals surface area contributed by atoms with Gasteiger partial charge in [-0.2, -0.15) is 0 Å². The number of likely N-dealkylation sites (tertiary alicyclic amines) is 1. The SMILES string of the molecule is CCN(CC)C(=O)[C@@H]1CCCN(C(=O)c2ccc3nc(-c4cccc(OC)c4)oc3c2)C1. The number of rotatable bonds is 6. The first kappa shape index (κ1) is 21.9. The standard InChI is InChI=1S/C25H29N3O4/c1-4-27(5-2)25(30)19-9-7-13-28(16-19)24(29)18-11-12-21-22(15-18)32-23(26-21)17-8-6-10-20(14-17)31-3/h6,8,10-12,14-15,19H,4-5,7,9,13,16H2,1-3H3/t19-/m1/s1. The zero-order valence-electron chi connectivity index (χ0n) is 18.8. The van der Waals surface area contributed by atoms with Gasteiger partial charge in [-0.15, -0.1) is 0 Å². The van der Waals surface area contributed by atoms with Gasteiger partial charge in [0.2, 0.25) is 11.8 Å². The number of ether oxygens (including phenoxy) is 1. The summed E-state index contributed by atoms with van der Waals surface area (Å²) in [6, 6.07) is 12.8. The summed E-state index contributed by atoms with van der Waals surface area (Å²) in [7, 11) is 1.61. The third-order valence-electron chi connectivity index (χ3n) is 6.09. The van der Waals surface area contributed by atoms with E-state index in [0.717, 1.165) is 24.2 Å². The number of hydrogen-bond donors (Lipinski definition) is 0. The topological polar surface area (TPSA) is 75.9 Å². The van der Waals surface area contributed by atoms with Crippen molar-refractivity contribution in [2.75, 3.05) is 33.3 Å². The minimum absolute atomic E-state index is 0.0803. The smallest absolute Gasteiger partial charge is 0.254 e. The Labute approximate surface area is 188 Å². The van der Waals surface area contributed by atoms with Gasteiger partial charge in [-0.3, -0.25) is 9.59 Å². The van der Waals surface area contributed by atoms with E-state index in [1.54, 1.807) is 30.2 Å². The van der Waals surface area contributed by atoms with E-state index < -0.39 is 0 Å². The first-order chi connectivity index (χ1) is 15.5. The molecule has 2 amide bonds. The fourth-order valence-corrected chi connectivity index (χ4v) is 4.28. The first-order valence-electron chi connectivity index (χ1n) is 11.2. The summed E-state index contributed by atoms with van der Waals surface area (Å²) >= 11 is 0. The van der Waals surface area contributed by atoms with Crippen LogP contribution in [0.5, 0.6) is 5.75 Å². The molecule has 3 aromatic rings. The maximum atomic E-state index is 13.2. The van der Waals surface area contributed by atoms with Crippen LogP contribution in [0.1, 0.15) is 37.0 Å². The maximum absolute atomic E-state index is 13.2. The highest BCUT2D eigenvalue weighted by atomic mass is 16.5. The molecule has 0 spiro atoms. The molecular weight excluding hydrogens is 406 g/mol. The van der Waals surface area contributed by atoms with Gasteiger partial charge < -0.3 is 19.0 Å². The number of carbonyl (C=O) groups excluding carboxylic acids is 2. The van der Waals surface area contributed by atoms with Crippen LogP contribution in [0.2, 0.25) is 0 Å². The summed E-state index contributed by atoms with van der Waals surface area (Å²) in [6.45, 7) is 6.47. The molecule has 7 heteroatoms. The molecule has 1 aromatic heterocycles. The van der Waals surface area contributed by atoms with Crippen LogP contribution < -0.4 is 4.74 Å². The van der Waals surface area contributed by atoms with Crippen molar-refractivity contribution in [1.29, 1.82) is 0 Å². The average molecular weight is 436 g/mol. The number of hydrogen-bond acceptors (Lipinski definition) is 5. The largest absolute Gasteiger partial charge is 0.497 e. The van der Waals surface area contributed by atoms with Crippen molar-refractivity contribution >= 4 is 22.9 Å². The summed E-state index contributed by atoms with van der Waals surface area (Å²) in [5, 5.41) is 0. The van der Waals surface area contributed by atoms with E-state index in [4.69, 9.17) is 9.15 Å². The number of fused-ring (bicyclic) bond motifs is 1. The highest BCUT2D eigenvalue weighted by molar-refractivity contribution is 5.97. The molecule has 2 heterocycles. The molecule has 0 N–H and O–H groups in total. The van der Waals surface area contributed by atoms with Gasteiger partial charge in [0, 0.05) is 37.3 Å². The van der Waals surface area contributed by atoms with Crippen molar-refractivity contribution in [3.8, 4) is 17.2 Å². The molecule has 1 atom stereocenters. The van der Waals surface area contributed by atoms with Gasteiger partial charge in [0.05, 0.1) is 13.0 Å². The van der Waals surface area contributed by atoms with E-state index in [1.165, 1.54) is 0 Å². The van der Waals surface area contributed by atoms with Crippen LogP contribution in [0.4, 0.5) is 0 Å². The zero-order chi connectivity index (χ0) is 22.7. The molecule has 0 saturated carbocycles. The summed E-state index contributed by atoms with van der Waals surface area (Å²) < 4.78 is 11.2. The van der Waals surface area contributed by atoms with Crippen LogP contribution in [-0.2, 0) is 4.79 Å². The summed E-state index contributed by atoms with van der Waals surface area (Å²) in [5.41, 5.74) is 2.60. The van der Waals surface area contributed by atoms with Crippen LogP contribution in [-0.4, -0.2) is 59.9 Å². The van der Waals surface area contributed by atoms with Gasteiger partial charge in [0.25, 0.3) is 5.91 Å². The Bertz CT molecular complexity index is 1120. The second-order valence-corrected chi connectivity index (χ2v) is 8.03. The number of nitrogens with zero attached hydrogens (tertiary/aromatic N) is 3. The van der Waals surface area contributed by atoms with Gasteiger partial charge in [-0.05, 0) is 63.1 Å². The van der Waals surface area contributed by atoms with Gasteiger partial charge in [-0.25, -0.2) is 4.98 Å². The molecule has 0 radical (unpaired) electrons. The average Bonchev–Trinajstić information content (AvgIpc) is 3.28. The van der Waals surface area contributed by atoms with E-state index in [2.05, 4.69) is 4.98 Å². The van der Waals surface area contributed by atoms with Gasteiger partial charge in [0.15, 0.2) is 5.58 Å². The van der Waals surface area contributed by atoms with Crippen molar-refractivity contribution in [2.45, 2.75) is 26.7 Å². The third kappa shape index (κ3) is 4.33. The van der Waals surface area contributed by atoms with Crippen LogP contribution in [0.25, 0.3) is 22.6 Å². The Kier molecular flexibility index (Phi) is 6.44. The van der Waals surface area contributed by atoms with E-state index in [1.807, 2.05) is 43.0 Å². The van der Waals surface area contributed by atoms with Crippen molar-refractivity contribution in [3.05, 3.63) is 48.0 Å². The van der Waals surface area contributed by atoms with Gasteiger partial charge >= 0.3 is 0 Å². The van der Waals surface area contributed by atoms with Crippen molar-refractivity contribution in [2.24, 2.45) is 5.92 Å². The number of oxazole rings is 1. The Morgan fingerprint density at radius 2 is 2.00 bits per heavy atom. The summed E-state index contributed by atoms with van der Waals surface area (Å²) in [4.78, 5) is 34.2. The Hall–Kier alpha value is -3.35. The molecule has 0 unspecified atom stereocenters. The monoisotopic (exact) mass is 435 g/mol.